The lowest BCUT2D eigenvalue weighted by Crippen LogP contribution is -2.23. The summed E-state index contributed by atoms with van der Waals surface area (Å²) in [4.78, 5) is 12.1. The topological polar surface area (TPSA) is 44.8 Å². The second-order valence-electron chi connectivity index (χ2n) is 7.70. The van der Waals surface area contributed by atoms with Crippen molar-refractivity contribution >= 4 is 14.0 Å². The smallest absolute Gasteiger partial charge is 0.333 e. The lowest BCUT2D eigenvalue weighted by Gasteiger charge is -2.22. The molecule has 1 heterocycles. The van der Waals surface area contributed by atoms with Gasteiger partial charge in [-0.3, -0.25) is 0 Å². The van der Waals surface area contributed by atoms with Gasteiger partial charge in [0, 0.05) is 26.9 Å². The number of carbonyl (C=O) groups excluding carboxylic acids is 1. The molecule has 140 valence electrons. The third kappa shape index (κ3) is 10.3. The van der Waals surface area contributed by atoms with Gasteiger partial charge in [0.25, 0.3) is 0 Å². The van der Waals surface area contributed by atoms with Crippen LogP contribution < -0.4 is 0 Å². The van der Waals surface area contributed by atoms with E-state index in [1.807, 2.05) is 6.92 Å². The predicted molar refractivity (Wildman–Crippen MR) is 101 cm³/mol. The standard InChI is InChI=1S/C19H36O4Si/c1-5-21-19(20)17(16-24(2,3)4)12-8-6-7-10-14-22-18-13-9-11-15-23-18/h12,18H,5-11,13-16H2,1-4H3/b17-12+. The van der Waals surface area contributed by atoms with Crippen LogP contribution >= 0.6 is 0 Å². The van der Waals surface area contributed by atoms with Crippen LogP contribution in [0, 0.1) is 0 Å². The Morgan fingerprint density at radius 2 is 2.00 bits per heavy atom. The van der Waals surface area contributed by atoms with Crippen molar-refractivity contribution in [2.45, 2.75) is 83.8 Å². The van der Waals surface area contributed by atoms with E-state index in [9.17, 15) is 4.79 Å². The summed E-state index contributed by atoms with van der Waals surface area (Å²) in [5.41, 5.74) is 0.878. The largest absolute Gasteiger partial charge is 0.463 e. The number of rotatable bonds is 11. The maximum Gasteiger partial charge on any atom is 0.333 e. The summed E-state index contributed by atoms with van der Waals surface area (Å²) < 4.78 is 16.5. The van der Waals surface area contributed by atoms with Crippen molar-refractivity contribution in [3.05, 3.63) is 11.6 Å². The normalized spacial score (nSPS) is 19.3. The minimum absolute atomic E-state index is 0.0193. The van der Waals surface area contributed by atoms with Gasteiger partial charge in [0.1, 0.15) is 0 Å². The van der Waals surface area contributed by atoms with E-state index >= 15 is 0 Å². The quantitative estimate of drug-likeness (QED) is 0.228. The highest BCUT2D eigenvalue weighted by molar-refractivity contribution is 6.77. The van der Waals surface area contributed by atoms with Crippen LogP contribution in [0.5, 0.6) is 0 Å². The van der Waals surface area contributed by atoms with Crippen molar-refractivity contribution in [1.29, 1.82) is 0 Å². The molecule has 24 heavy (non-hydrogen) atoms. The van der Waals surface area contributed by atoms with Crippen molar-refractivity contribution in [3.63, 3.8) is 0 Å². The van der Waals surface area contributed by atoms with Gasteiger partial charge in [-0.25, -0.2) is 4.79 Å². The summed E-state index contributed by atoms with van der Waals surface area (Å²) in [6.45, 7) is 10.8. The molecule has 1 saturated heterocycles. The predicted octanol–water partition coefficient (Wildman–Crippen LogP) is 4.92. The molecule has 0 spiro atoms. The van der Waals surface area contributed by atoms with Crippen LogP contribution in [0.2, 0.25) is 25.7 Å². The Kier molecular flexibility index (Phi) is 10.5. The van der Waals surface area contributed by atoms with Gasteiger partial charge < -0.3 is 14.2 Å². The van der Waals surface area contributed by atoms with E-state index in [0.717, 1.165) is 63.4 Å². The molecule has 0 saturated carbocycles. The van der Waals surface area contributed by atoms with Gasteiger partial charge in [-0.1, -0.05) is 32.1 Å². The van der Waals surface area contributed by atoms with Crippen molar-refractivity contribution in [1.82, 2.24) is 0 Å². The average Bonchev–Trinajstić information content (AvgIpc) is 2.53. The van der Waals surface area contributed by atoms with Crippen LogP contribution in [0.1, 0.15) is 51.9 Å². The van der Waals surface area contributed by atoms with Gasteiger partial charge in [-0.2, -0.15) is 0 Å². The van der Waals surface area contributed by atoms with Crippen LogP contribution in [-0.2, 0) is 19.0 Å². The molecule has 1 atom stereocenters. The molecule has 5 heteroatoms. The van der Waals surface area contributed by atoms with Gasteiger partial charge in [0.2, 0.25) is 0 Å². The second-order valence-corrected chi connectivity index (χ2v) is 13.2. The highest BCUT2D eigenvalue weighted by Gasteiger charge is 2.20. The summed E-state index contributed by atoms with van der Waals surface area (Å²) in [6.07, 6.45) is 9.72. The molecule has 0 aliphatic carbocycles. The first-order chi connectivity index (χ1) is 11.4. The van der Waals surface area contributed by atoms with E-state index in [-0.39, 0.29) is 12.3 Å². The molecule has 1 rings (SSSR count). The first-order valence-electron chi connectivity index (χ1n) is 9.52. The van der Waals surface area contributed by atoms with Crippen molar-refractivity contribution in [2.24, 2.45) is 0 Å². The van der Waals surface area contributed by atoms with Crippen LogP contribution in [0.3, 0.4) is 0 Å². The van der Waals surface area contributed by atoms with Crippen molar-refractivity contribution in [2.75, 3.05) is 19.8 Å². The number of ether oxygens (including phenoxy) is 3. The molecular formula is C19H36O4Si. The summed E-state index contributed by atoms with van der Waals surface area (Å²) in [5.74, 6) is -0.127. The molecular weight excluding hydrogens is 320 g/mol. The monoisotopic (exact) mass is 356 g/mol. The Hall–Kier alpha value is -0.653. The molecule has 0 radical (unpaired) electrons. The fraction of sp³-hybridized carbons (Fsp3) is 0.842. The van der Waals surface area contributed by atoms with Gasteiger partial charge in [-0.05, 0) is 51.5 Å². The maximum absolute atomic E-state index is 12.1. The van der Waals surface area contributed by atoms with Crippen molar-refractivity contribution in [3.8, 4) is 0 Å². The number of hydrogen-bond acceptors (Lipinski definition) is 4. The van der Waals surface area contributed by atoms with Gasteiger partial charge in [-0.15, -0.1) is 0 Å². The second kappa shape index (κ2) is 11.8. The SMILES string of the molecule is CCOC(=O)/C(=C/CCCCCOC1CCCCO1)C[Si](C)(C)C. The zero-order valence-corrected chi connectivity index (χ0v) is 17.1. The Bertz CT molecular complexity index is 381. The summed E-state index contributed by atoms with van der Waals surface area (Å²) >= 11 is 0. The lowest BCUT2D eigenvalue weighted by atomic mass is 10.1. The first-order valence-corrected chi connectivity index (χ1v) is 13.2. The van der Waals surface area contributed by atoms with Crippen molar-refractivity contribution < 1.29 is 19.0 Å². The third-order valence-corrected chi connectivity index (χ3v) is 5.38. The molecule has 0 aromatic heterocycles. The zero-order chi connectivity index (χ0) is 17.8. The Labute approximate surface area is 148 Å². The summed E-state index contributed by atoms with van der Waals surface area (Å²) in [5, 5.41) is 0. The van der Waals surface area contributed by atoms with Gasteiger partial charge in [0.05, 0.1) is 6.61 Å². The van der Waals surface area contributed by atoms with E-state index < -0.39 is 8.07 Å². The molecule has 1 aliphatic heterocycles. The molecule has 4 nitrogen and oxygen atoms in total. The molecule has 0 amide bonds. The molecule has 0 bridgehead atoms. The number of allylic oxidation sites excluding steroid dienone is 1. The van der Waals surface area contributed by atoms with E-state index in [0.29, 0.717) is 6.61 Å². The van der Waals surface area contributed by atoms with E-state index in [1.165, 1.54) is 6.42 Å². The van der Waals surface area contributed by atoms with E-state index in [4.69, 9.17) is 14.2 Å². The molecule has 0 N–H and O–H groups in total. The van der Waals surface area contributed by atoms with Crippen LogP contribution in [0.4, 0.5) is 0 Å². The van der Waals surface area contributed by atoms with Crippen LogP contribution in [0.25, 0.3) is 0 Å². The Balaban J connectivity index is 2.21. The average molecular weight is 357 g/mol. The maximum atomic E-state index is 12.1. The summed E-state index contributed by atoms with van der Waals surface area (Å²) in [6, 6.07) is 0.897. The minimum atomic E-state index is -1.32. The Morgan fingerprint density at radius 3 is 2.62 bits per heavy atom. The molecule has 0 aromatic carbocycles. The van der Waals surface area contributed by atoms with E-state index in [2.05, 4.69) is 25.7 Å². The first kappa shape index (κ1) is 21.4. The third-order valence-electron chi connectivity index (χ3n) is 3.94. The number of esters is 1. The Morgan fingerprint density at radius 1 is 1.21 bits per heavy atom. The molecule has 1 unspecified atom stereocenters. The van der Waals surface area contributed by atoms with Crippen LogP contribution in [0.15, 0.2) is 11.6 Å². The molecule has 1 aliphatic rings. The van der Waals surface area contributed by atoms with Gasteiger partial charge in [0.15, 0.2) is 6.29 Å². The highest BCUT2D eigenvalue weighted by Crippen LogP contribution is 2.19. The lowest BCUT2D eigenvalue weighted by molar-refractivity contribution is -0.162. The fourth-order valence-electron chi connectivity index (χ4n) is 2.78. The molecule has 0 aromatic rings. The number of carbonyl (C=O) groups is 1. The molecule has 1 fully saturated rings. The van der Waals surface area contributed by atoms with Crippen LogP contribution in [-0.4, -0.2) is 40.2 Å². The fourth-order valence-corrected chi connectivity index (χ4v) is 4.21. The van der Waals surface area contributed by atoms with Gasteiger partial charge >= 0.3 is 5.97 Å². The summed E-state index contributed by atoms with van der Waals surface area (Å²) in [7, 11) is -1.32. The highest BCUT2D eigenvalue weighted by atomic mass is 28.3. The minimum Gasteiger partial charge on any atom is -0.463 e. The zero-order valence-electron chi connectivity index (χ0n) is 16.1. The number of hydrogen-bond donors (Lipinski definition) is 0. The van der Waals surface area contributed by atoms with E-state index in [1.54, 1.807) is 0 Å². The number of unbranched alkanes of at least 4 members (excludes halogenated alkanes) is 3.